The summed E-state index contributed by atoms with van der Waals surface area (Å²) in [4.78, 5) is 12.5. The smallest absolute Gasteiger partial charge is 0.364 e. The van der Waals surface area contributed by atoms with Crippen LogP contribution >= 0.6 is 0 Å². The first-order chi connectivity index (χ1) is 18.4. The molecule has 0 unspecified atom stereocenters. The van der Waals surface area contributed by atoms with E-state index in [9.17, 15) is 4.79 Å². The van der Waals surface area contributed by atoms with Crippen molar-refractivity contribution in [1.29, 1.82) is 0 Å². The van der Waals surface area contributed by atoms with Crippen LogP contribution in [0.15, 0.2) is 60.7 Å². The van der Waals surface area contributed by atoms with Gasteiger partial charge in [-0.25, -0.2) is 4.79 Å². The maximum Gasteiger partial charge on any atom is 0.364 e. The summed E-state index contributed by atoms with van der Waals surface area (Å²) in [5.41, 5.74) is 1.63. The van der Waals surface area contributed by atoms with Crippen LogP contribution < -0.4 is 0 Å². The molecule has 8 nitrogen and oxygen atoms in total. The third-order valence-electron chi connectivity index (χ3n) is 4.97. The van der Waals surface area contributed by atoms with Gasteiger partial charge in [0.15, 0.2) is 0 Å². The molecule has 0 aliphatic rings. The van der Waals surface area contributed by atoms with Crippen molar-refractivity contribution in [3.8, 4) is 0 Å². The SMILES string of the molecule is CC(C)(C)OC(=O)C(OCCCOCCOCc1ccccc1)OCCCOCCOCc1ccccc1. The number of hydrogen-bond donors (Lipinski definition) is 0. The highest BCUT2D eigenvalue weighted by Gasteiger charge is 2.26. The fourth-order valence-corrected chi connectivity index (χ4v) is 3.21. The summed E-state index contributed by atoms with van der Waals surface area (Å²) in [6.07, 6.45) is 0.151. The van der Waals surface area contributed by atoms with Crippen molar-refractivity contribution in [2.45, 2.75) is 58.7 Å². The average molecular weight is 533 g/mol. The Hall–Kier alpha value is -2.33. The largest absolute Gasteiger partial charge is 0.456 e. The maximum atomic E-state index is 12.5. The Kier molecular flexibility index (Phi) is 16.5. The number of rotatable bonds is 21. The van der Waals surface area contributed by atoms with Gasteiger partial charge in [0, 0.05) is 13.2 Å². The van der Waals surface area contributed by atoms with Gasteiger partial charge in [-0.3, -0.25) is 0 Å². The zero-order valence-electron chi connectivity index (χ0n) is 23.1. The predicted molar refractivity (Wildman–Crippen MR) is 145 cm³/mol. The molecule has 38 heavy (non-hydrogen) atoms. The minimum Gasteiger partial charge on any atom is -0.456 e. The molecular formula is C30H44O8. The summed E-state index contributed by atoms with van der Waals surface area (Å²) in [6.45, 7) is 10.2. The second-order valence-electron chi connectivity index (χ2n) is 9.62. The van der Waals surface area contributed by atoms with E-state index in [4.69, 9.17) is 33.2 Å². The highest BCUT2D eigenvalue weighted by Crippen LogP contribution is 2.11. The lowest BCUT2D eigenvalue weighted by Crippen LogP contribution is -2.36. The molecule has 0 N–H and O–H groups in total. The maximum absolute atomic E-state index is 12.5. The third kappa shape index (κ3) is 16.5. The van der Waals surface area contributed by atoms with Crippen LogP contribution in [0.5, 0.6) is 0 Å². The molecule has 0 fully saturated rings. The number of ether oxygens (including phenoxy) is 7. The minimum absolute atomic E-state index is 0.310. The van der Waals surface area contributed by atoms with Crippen molar-refractivity contribution in [3.63, 3.8) is 0 Å². The van der Waals surface area contributed by atoms with Crippen molar-refractivity contribution < 1.29 is 38.0 Å². The molecule has 0 aliphatic heterocycles. The Morgan fingerprint density at radius 3 is 1.45 bits per heavy atom. The zero-order chi connectivity index (χ0) is 27.3. The third-order valence-corrected chi connectivity index (χ3v) is 4.97. The number of benzene rings is 2. The van der Waals surface area contributed by atoms with Crippen LogP contribution in [-0.2, 0) is 51.2 Å². The van der Waals surface area contributed by atoms with Crippen LogP contribution in [0.4, 0.5) is 0 Å². The fraction of sp³-hybridized carbons (Fsp3) is 0.567. The van der Waals surface area contributed by atoms with Crippen LogP contribution in [0, 0.1) is 0 Å². The van der Waals surface area contributed by atoms with E-state index in [0.29, 0.717) is 78.9 Å². The molecule has 0 aliphatic carbocycles. The van der Waals surface area contributed by atoms with Gasteiger partial charge < -0.3 is 33.2 Å². The van der Waals surface area contributed by atoms with Crippen molar-refractivity contribution in [2.75, 3.05) is 52.9 Å². The molecule has 0 aromatic heterocycles. The lowest BCUT2D eigenvalue weighted by atomic mass is 10.2. The highest BCUT2D eigenvalue weighted by molar-refractivity contribution is 5.73. The average Bonchev–Trinajstić information content (AvgIpc) is 2.90. The summed E-state index contributed by atoms with van der Waals surface area (Å²) in [5, 5.41) is 0. The second kappa shape index (κ2) is 19.7. The molecule has 0 spiro atoms. The Morgan fingerprint density at radius 2 is 1.03 bits per heavy atom. The second-order valence-corrected chi connectivity index (χ2v) is 9.62. The van der Waals surface area contributed by atoms with E-state index in [1.165, 1.54) is 0 Å². The molecule has 2 aromatic carbocycles. The van der Waals surface area contributed by atoms with Gasteiger partial charge in [-0.05, 0) is 44.7 Å². The van der Waals surface area contributed by atoms with Crippen molar-refractivity contribution in [3.05, 3.63) is 71.8 Å². The van der Waals surface area contributed by atoms with E-state index in [-0.39, 0.29) is 0 Å². The lowest BCUT2D eigenvalue weighted by Gasteiger charge is -2.24. The normalized spacial score (nSPS) is 11.7. The minimum atomic E-state index is -1.09. The molecule has 2 aromatic rings. The summed E-state index contributed by atoms with van der Waals surface area (Å²) >= 11 is 0. The Bertz CT molecular complexity index is 781. The molecule has 0 atom stereocenters. The van der Waals surface area contributed by atoms with E-state index in [2.05, 4.69) is 0 Å². The molecule has 0 saturated carbocycles. The monoisotopic (exact) mass is 532 g/mol. The summed E-state index contributed by atoms with van der Waals surface area (Å²) < 4.78 is 39.1. The van der Waals surface area contributed by atoms with Gasteiger partial charge in [0.2, 0.25) is 0 Å². The first kappa shape index (κ1) is 31.9. The van der Waals surface area contributed by atoms with E-state index in [0.717, 1.165) is 11.1 Å². The van der Waals surface area contributed by atoms with Crippen molar-refractivity contribution in [2.24, 2.45) is 0 Å². The van der Waals surface area contributed by atoms with E-state index >= 15 is 0 Å². The van der Waals surface area contributed by atoms with Crippen molar-refractivity contribution >= 4 is 5.97 Å². The van der Waals surface area contributed by atoms with Gasteiger partial charge in [-0.2, -0.15) is 0 Å². The molecule has 0 heterocycles. The van der Waals surface area contributed by atoms with E-state index in [1.807, 2.05) is 81.4 Å². The Balaban J connectivity index is 1.51. The van der Waals surface area contributed by atoms with Crippen LogP contribution in [0.1, 0.15) is 44.7 Å². The fourth-order valence-electron chi connectivity index (χ4n) is 3.21. The highest BCUT2D eigenvalue weighted by atomic mass is 16.7. The number of carbonyl (C=O) groups excluding carboxylic acids is 1. The van der Waals surface area contributed by atoms with E-state index < -0.39 is 17.9 Å². The molecule has 0 radical (unpaired) electrons. The Morgan fingerprint density at radius 1 is 0.605 bits per heavy atom. The summed E-state index contributed by atoms with van der Waals surface area (Å²) in [5.74, 6) is -0.539. The molecule has 0 bridgehead atoms. The van der Waals surface area contributed by atoms with Crippen LogP contribution in [0.2, 0.25) is 0 Å². The topological polar surface area (TPSA) is 81.7 Å². The predicted octanol–water partition coefficient (Wildman–Crippen LogP) is 4.93. The number of carbonyl (C=O) groups is 1. The van der Waals surface area contributed by atoms with Gasteiger partial charge in [0.05, 0.1) is 52.9 Å². The zero-order valence-corrected chi connectivity index (χ0v) is 23.1. The Labute approximate surface area is 227 Å². The van der Waals surface area contributed by atoms with Gasteiger partial charge in [-0.1, -0.05) is 60.7 Å². The van der Waals surface area contributed by atoms with Gasteiger partial charge >= 0.3 is 5.97 Å². The summed E-state index contributed by atoms with van der Waals surface area (Å²) in [6, 6.07) is 20.0. The van der Waals surface area contributed by atoms with Crippen molar-refractivity contribution in [1.82, 2.24) is 0 Å². The quantitative estimate of drug-likeness (QED) is 0.127. The number of hydrogen-bond acceptors (Lipinski definition) is 8. The summed E-state index contributed by atoms with van der Waals surface area (Å²) in [7, 11) is 0. The van der Waals surface area contributed by atoms with Gasteiger partial charge in [0.25, 0.3) is 6.29 Å². The van der Waals surface area contributed by atoms with Gasteiger partial charge in [-0.15, -0.1) is 0 Å². The first-order valence-electron chi connectivity index (χ1n) is 13.3. The molecular weight excluding hydrogens is 488 g/mol. The lowest BCUT2D eigenvalue weighted by molar-refractivity contribution is -0.206. The number of esters is 1. The van der Waals surface area contributed by atoms with Crippen LogP contribution in [-0.4, -0.2) is 70.7 Å². The van der Waals surface area contributed by atoms with Crippen LogP contribution in [0.25, 0.3) is 0 Å². The molecule has 8 heteroatoms. The standard InChI is InChI=1S/C30H44O8/c1-30(2,3)38-28(31)29(36-18-10-16-32-20-22-34-24-26-12-6-4-7-13-26)37-19-11-17-33-21-23-35-25-27-14-8-5-9-15-27/h4-9,12-15,29H,10-11,16-25H2,1-3H3. The van der Waals surface area contributed by atoms with Gasteiger partial charge in [0.1, 0.15) is 5.60 Å². The van der Waals surface area contributed by atoms with Crippen LogP contribution in [0.3, 0.4) is 0 Å². The van der Waals surface area contributed by atoms with E-state index in [1.54, 1.807) is 0 Å². The molecule has 212 valence electrons. The molecule has 2 rings (SSSR count). The molecule has 0 saturated heterocycles. The first-order valence-corrected chi connectivity index (χ1v) is 13.3. The molecule has 0 amide bonds.